The quantitative estimate of drug-likeness (QED) is 0.595. The number of amides is 1. The average Bonchev–Trinajstić information content (AvgIpc) is 2.96. The first-order valence-electron chi connectivity index (χ1n) is 9.24. The Morgan fingerprint density at radius 1 is 1.10 bits per heavy atom. The van der Waals surface area contributed by atoms with E-state index in [0.29, 0.717) is 36.1 Å². The Bertz CT molecular complexity index is 922. The molecule has 1 heterocycles. The van der Waals surface area contributed by atoms with E-state index < -0.39 is 18.5 Å². The normalized spacial score (nSPS) is 12.9. The van der Waals surface area contributed by atoms with Crippen molar-refractivity contribution in [3.63, 3.8) is 0 Å². The van der Waals surface area contributed by atoms with Gasteiger partial charge >= 0.3 is 5.97 Å². The number of anilines is 1. The monoisotopic (exact) mass is 397 g/mol. The van der Waals surface area contributed by atoms with E-state index in [4.69, 9.17) is 18.9 Å². The molecule has 0 unspecified atom stereocenters. The van der Waals surface area contributed by atoms with Gasteiger partial charge in [0.15, 0.2) is 18.1 Å². The summed E-state index contributed by atoms with van der Waals surface area (Å²) in [4.78, 5) is 24.0. The van der Waals surface area contributed by atoms with E-state index in [9.17, 15) is 9.59 Å². The summed E-state index contributed by atoms with van der Waals surface area (Å²) >= 11 is 0. The summed E-state index contributed by atoms with van der Waals surface area (Å²) in [6.45, 7) is 2.70. The summed E-state index contributed by atoms with van der Waals surface area (Å²) in [6.07, 6.45) is 3.68. The zero-order chi connectivity index (χ0) is 20.6. The van der Waals surface area contributed by atoms with Gasteiger partial charge in [0.25, 0.3) is 5.91 Å². The fraction of sp³-hybridized carbons (Fsp3) is 0.273. The van der Waals surface area contributed by atoms with Crippen molar-refractivity contribution < 1.29 is 28.5 Å². The molecule has 0 atom stereocenters. The summed E-state index contributed by atoms with van der Waals surface area (Å²) in [7, 11) is 1.52. The average molecular weight is 397 g/mol. The van der Waals surface area contributed by atoms with Gasteiger partial charge in [0.2, 0.25) is 0 Å². The molecule has 1 N–H and O–H groups in total. The summed E-state index contributed by atoms with van der Waals surface area (Å²) in [5.41, 5.74) is 2.26. The van der Waals surface area contributed by atoms with E-state index in [1.54, 1.807) is 30.3 Å². The number of ether oxygens (including phenoxy) is 4. The van der Waals surface area contributed by atoms with E-state index in [1.807, 2.05) is 19.1 Å². The largest absolute Gasteiger partial charge is 0.495 e. The van der Waals surface area contributed by atoms with Gasteiger partial charge in [-0.15, -0.1) is 0 Å². The van der Waals surface area contributed by atoms with Crippen LogP contribution in [0.25, 0.3) is 6.08 Å². The smallest absolute Gasteiger partial charge is 0.331 e. The van der Waals surface area contributed by atoms with E-state index in [1.165, 1.54) is 13.2 Å². The van der Waals surface area contributed by atoms with Crippen LogP contribution in [-0.4, -0.2) is 38.8 Å². The minimum atomic E-state index is -0.622. The SMILES string of the molecule is COc1ccc(C)cc1NC(=O)COC(=O)/C=C/c1ccc2c(c1)OCCCO2. The van der Waals surface area contributed by atoms with Crippen molar-refractivity contribution in [2.45, 2.75) is 13.3 Å². The van der Waals surface area contributed by atoms with Crippen LogP contribution in [0.5, 0.6) is 17.2 Å². The predicted octanol–water partition coefficient (Wildman–Crippen LogP) is 3.36. The molecule has 0 radical (unpaired) electrons. The molecule has 0 aliphatic carbocycles. The van der Waals surface area contributed by atoms with Crippen molar-refractivity contribution in [3.8, 4) is 17.2 Å². The number of methoxy groups -OCH3 is 1. The van der Waals surface area contributed by atoms with Crippen molar-refractivity contribution in [2.75, 3.05) is 32.2 Å². The van der Waals surface area contributed by atoms with Gasteiger partial charge in [0, 0.05) is 12.5 Å². The van der Waals surface area contributed by atoms with Crippen LogP contribution in [0.15, 0.2) is 42.5 Å². The molecule has 0 saturated carbocycles. The Hall–Kier alpha value is -3.48. The van der Waals surface area contributed by atoms with Gasteiger partial charge in [-0.3, -0.25) is 4.79 Å². The maximum Gasteiger partial charge on any atom is 0.331 e. The van der Waals surface area contributed by atoms with E-state index in [-0.39, 0.29) is 0 Å². The molecular formula is C22H23NO6. The van der Waals surface area contributed by atoms with Crippen LogP contribution in [-0.2, 0) is 14.3 Å². The van der Waals surface area contributed by atoms with E-state index in [0.717, 1.165) is 17.5 Å². The van der Waals surface area contributed by atoms with Gasteiger partial charge in [0.05, 0.1) is 26.0 Å². The third-order valence-corrected chi connectivity index (χ3v) is 4.16. The molecule has 3 rings (SSSR count). The molecule has 2 aromatic rings. The van der Waals surface area contributed by atoms with Crippen LogP contribution in [0.1, 0.15) is 17.5 Å². The van der Waals surface area contributed by atoms with E-state index in [2.05, 4.69) is 5.32 Å². The molecule has 1 aliphatic heterocycles. The highest BCUT2D eigenvalue weighted by Crippen LogP contribution is 2.30. The van der Waals surface area contributed by atoms with Gasteiger partial charge in [-0.25, -0.2) is 4.79 Å². The summed E-state index contributed by atoms with van der Waals surface area (Å²) in [5, 5.41) is 2.68. The summed E-state index contributed by atoms with van der Waals surface area (Å²) in [6, 6.07) is 10.8. The van der Waals surface area contributed by atoms with E-state index >= 15 is 0 Å². The van der Waals surface area contributed by atoms with Crippen molar-refractivity contribution in [1.29, 1.82) is 0 Å². The fourth-order valence-electron chi connectivity index (χ4n) is 2.74. The maximum absolute atomic E-state index is 12.1. The van der Waals surface area contributed by atoms with Crippen molar-refractivity contribution in [1.82, 2.24) is 0 Å². The zero-order valence-corrected chi connectivity index (χ0v) is 16.4. The molecule has 29 heavy (non-hydrogen) atoms. The number of hydrogen-bond acceptors (Lipinski definition) is 6. The molecule has 152 valence electrons. The number of carbonyl (C=O) groups is 2. The number of esters is 1. The minimum Gasteiger partial charge on any atom is -0.495 e. The Kier molecular flexibility index (Phi) is 6.73. The van der Waals surface area contributed by atoms with Crippen molar-refractivity contribution in [3.05, 3.63) is 53.6 Å². The van der Waals surface area contributed by atoms with Crippen molar-refractivity contribution >= 4 is 23.6 Å². The zero-order valence-electron chi connectivity index (χ0n) is 16.4. The predicted molar refractivity (Wildman–Crippen MR) is 108 cm³/mol. The Labute approximate surface area is 169 Å². The Morgan fingerprint density at radius 3 is 2.69 bits per heavy atom. The highest BCUT2D eigenvalue weighted by Gasteiger charge is 2.11. The highest BCUT2D eigenvalue weighted by atomic mass is 16.5. The van der Waals surface area contributed by atoms with Crippen LogP contribution >= 0.6 is 0 Å². The lowest BCUT2D eigenvalue weighted by Gasteiger charge is -2.11. The van der Waals surface area contributed by atoms with Gasteiger partial charge in [-0.2, -0.15) is 0 Å². The third-order valence-electron chi connectivity index (χ3n) is 4.16. The highest BCUT2D eigenvalue weighted by molar-refractivity contribution is 5.95. The molecule has 0 spiro atoms. The van der Waals surface area contributed by atoms with Gasteiger partial charge in [0.1, 0.15) is 5.75 Å². The van der Waals surface area contributed by atoms with Gasteiger partial charge in [-0.1, -0.05) is 12.1 Å². The molecule has 1 amide bonds. The first kappa shape index (κ1) is 20.3. The number of nitrogens with one attached hydrogen (secondary N) is 1. The lowest BCUT2D eigenvalue weighted by Crippen LogP contribution is -2.20. The molecule has 0 aromatic heterocycles. The second-order valence-electron chi connectivity index (χ2n) is 6.45. The molecule has 1 aliphatic rings. The third kappa shape index (κ3) is 5.75. The second kappa shape index (κ2) is 9.64. The topological polar surface area (TPSA) is 83.1 Å². The van der Waals surface area contributed by atoms with Crippen LogP contribution in [0.2, 0.25) is 0 Å². The molecule has 0 bridgehead atoms. The maximum atomic E-state index is 12.1. The summed E-state index contributed by atoms with van der Waals surface area (Å²) < 4.78 is 21.4. The van der Waals surface area contributed by atoms with Crippen LogP contribution in [0.4, 0.5) is 5.69 Å². The fourth-order valence-corrected chi connectivity index (χ4v) is 2.74. The number of benzene rings is 2. The lowest BCUT2D eigenvalue weighted by atomic mass is 10.2. The lowest BCUT2D eigenvalue weighted by molar-refractivity contribution is -0.142. The van der Waals surface area contributed by atoms with Crippen LogP contribution in [0, 0.1) is 6.92 Å². The first-order chi connectivity index (χ1) is 14.0. The van der Waals surface area contributed by atoms with Gasteiger partial charge in [-0.05, 0) is 48.4 Å². The second-order valence-corrected chi connectivity index (χ2v) is 6.45. The molecule has 0 saturated heterocycles. The number of aryl methyl sites for hydroxylation is 1. The molecular weight excluding hydrogens is 374 g/mol. The first-order valence-corrected chi connectivity index (χ1v) is 9.24. The van der Waals surface area contributed by atoms with Crippen LogP contribution in [0.3, 0.4) is 0 Å². The Morgan fingerprint density at radius 2 is 1.90 bits per heavy atom. The minimum absolute atomic E-state index is 0.401. The van der Waals surface area contributed by atoms with Gasteiger partial charge < -0.3 is 24.3 Å². The van der Waals surface area contributed by atoms with Crippen LogP contribution < -0.4 is 19.5 Å². The summed E-state index contributed by atoms with van der Waals surface area (Å²) in [5.74, 6) is 0.786. The number of carbonyl (C=O) groups excluding carboxylic acids is 2. The standard InChI is InChI=1S/C22H23NO6/c1-15-4-7-18(26-2)17(12-15)23-21(24)14-29-22(25)9-6-16-5-8-19-20(13-16)28-11-3-10-27-19/h4-9,12-13H,3,10-11,14H2,1-2H3,(H,23,24)/b9-6+. The van der Waals surface area contributed by atoms with Crippen molar-refractivity contribution in [2.24, 2.45) is 0 Å². The molecule has 7 heteroatoms. The molecule has 7 nitrogen and oxygen atoms in total. The Balaban J connectivity index is 1.52. The number of rotatable bonds is 6. The molecule has 0 fully saturated rings. The number of hydrogen-bond donors (Lipinski definition) is 1. The molecule has 2 aromatic carbocycles. The number of fused-ring (bicyclic) bond motifs is 1.